The van der Waals surface area contributed by atoms with Gasteiger partial charge in [-0.2, -0.15) is 18.3 Å². The summed E-state index contributed by atoms with van der Waals surface area (Å²) in [5.41, 5.74) is 4.41. The summed E-state index contributed by atoms with van der Waals surface area (Å²) in [5, 5.41) is 23.7. The van der Waals surface area contributed by atoms with E-state index in [9.17, 15) is 28.2 Å². The molecule has 0 atom stereocenters. The van der Waals surface area contributed by atoms with Crippen molar-refractivity contribution in [1.29, 1.82) is 0 Å². The highest BCUT2D eigenvalue weighted by molar-refractivity contribution is 6.55. The molecule has 0 unspecified atom stereocenters. The minimum atomic E-state index is -4.58. The molecule has 0 fully saturated rings. The number of aryl methyl sites for hydroxylation is 2. The third-order valence-corrected chi connectivity index (χ3v) is 5.27. The van der Waals surface area contributed by atoms with Crippen LogP contribution in [0.2, 0.25) is 0 Å². The number of nitrogens with zero attached hydrogens (tertiary/aromatic N) is 2. The van der Waals surface area contributed by atoms with Crippen molar-refractivity contribution in [3.05, 3.63) is 82.4 Å². The molecule has 0 aliphatic carbocycles. The van der Waals surface area contributed by atoms with E-state index in [1.165, 1.54) is 23.1 Å². The number of aliphatic hydroxyl groups excluding tert-OH is 1. The summed E-state index contributed by atoms with van der Waals surface area (Å²) < 4.78 is 40.2. The van der Waals surface area contributed by atoms with Gasteiger partial charge in [-0.3, -0.25) is 15.1 Å². The molecule has 3 aromatic carbocycles. The van der Waals surface area contributed by atoms with Gasteiger partial charge in [0.1, 0.15) is 5.75 Å². The first-order valence-electron chi connectivity index (χ1n) is 10.00. The van der Waals surface area contributed by atoms with Gasteiger partial charge in [-0.1, -0.05) is 18.2 Å². The molecular formula is C24H20F3N3O3. The number of aromatic hydroxyl groups is 1. The molecule has 9 heteroatoms. The fraction of sp³-hybridized carbons (Fsp3) is 0.167. The van der Waals surface area contributed by atoms with Crippen LogP contribution < -0.4 is 10.3 Å². The van der Waals surface area contributed by atoms with E-state index in [1.807, 2.05) is 19.9 Å². The normalized spacial score (nSPS) is 14.7. The van der Waals surface area contributed by atoms with Gasteiger partial charge in [-0.15, -0.1) is 0 Å². The topological polar surface area (TPSA) is 85.2 Å². The Hall–Kier alpha value is -3.85. The van der Waals surface area contributed by atoms with Crippen LogP contribution in [0.5, 0.6) is 5.75 Å². The number of amides is 1. The average Bonchev–Trinajstić information content (AvgIpc) is 3.02. The van der Waals surface area contributed by atoms with Gasteiger partial charge >= 0.3 is 6.18 Å². The second kappa shape index (κ2) is 8.25. The summed E-state index contributed by atoms with van der Waals surface area (Å²) in [7, 11) is 0. The van der Waals surface area contributed by atoms with Crippen molar-refractivity contribution < 1.29 is 28.2 Å². The fourth-order valence-electron chi connectivity index (χ4n) is 3.79. The maximum absolute atomic E-state index is 13.4. The highest BCUT2D eigenvalue weighted by atomic mass is 19.4. The first-order valence-corrected chi connectivity index (χ1v) is 10.00. The zero-order chi connectivity index (χ0) is 23.9. The van der Waals surface area contributed by atoms with Crippen LogP contribution in [-0.2, 0) is 17.6 Å². The molecule has 1 heterocycles. The summed E-state index contributed by atoms with van der Waals surface area (Å²) in [5.74, 6) is -0.853. The van der Waals surface area contributed by atoms with Crippen LogP contribution >= 0.6 is 0 Å². The molecule has 0 spiro atoms. The Morgan fingerprint density at radius 2 is 1.73 bits per heavy atom. The maximum atomic E-state index is 13.4. The van der Waals surface area contributed by atoms with Gasteiger partial charge in [0.2, 0.25) is 0 Å². The Labute approximate surface area is 187 Å². The first kappa shape index (κ1) is 22.3. The first-order chi connectivity index (χ1) is 15.6. The number of nitrogens with one attached hydrogen (secondary N) is 1. The number of anilines is 3. The molecule has 0 bridgehead atoms. The van der Waals surface area contributed by atoms with E-state index < -0.39 is 24.3 Å². The summed E-state index contributed by atoms with van der Waals surface area (Å²) in [6.07, 6.45) is -4.58. The predicted molar refractivity (Wildman–Crippen MR) is 119 cm³/mol. The number of carbonyl (C=O) groups is 1. The SMILES string of the molecule is Cc1cc(C)cc(N2C(=O)C(=NNc3cccc(CO)c3O)c3ccc(C(F)(F)F)cc32)c1. The van der Waals surface area contributed by atoms with Gasteiger partial charge in [-0.05, 0) is 61.4 Å². The number of benzene rings is 3. The molecule has 3 N–H and O–H groups in total. The van der Waals surface area contributed by atoms with Crippen molar-refractivity contribution in [1.82, 2.24) is 0 Å². The monoisotopic (exact) mass is 455 g/mol. The van der Waals surface area contributed by atoms with Crippen molar-refractivity contribution in [2.24, 2.45) is 5.10 Å². The smallest absolute Gasteiger partial charge is 0.416 e. The number of hydrogen-bond acceptors (Lipinski definition) is 5. The number of fused-ring (bicyclic) bond motifs is 1. The van der Waals surface area contributed by atoms with Crippen molar-refractivity contribution in [3.8, 4) is 5.75 Å². The number of hydrazone groups is 1. The van der Waals surface area contributed by atoms with Crippen LogP contribution in [-0.4, -0.2) is 21.8 Å². The van der Waals surface area contributed by atoms with Crippen molar-refractivity contribution >= 4 is 28.7 Å². The van der Waals surface area contributed by atoms with E-state index in [0.29, 0.717) is 5.69 Å². The Bertz CT molecular complexity index is 1270. The van der Waals surface area contributed by atoms with E-state index >= 15 is 0 Å². The number of rotatable bonds is 4. The van der Waals surface area contributed by atoms with E-state index in [0.717, 1.165) is 23.3 Å². The minimum absolute atomic E-state index is 0.0636. The summed E-state index contributed by atoms with van der Waals surface area (Å²) in [4.78, 5) is 14.6. The second-order valence-electron chi connectivity index (χ2n) is 7.76. The van der Waals surface area contributed by atoms with Gasteiger partial charge in [0, 0.05) is 16.8 Å². The lowest BCUT2D eigenvalue weighted by Gasteiger charge is -2.19. The molecule has 1 aliphatic rings. The molecule has 0 aromatic heterocycles. The third-order valence-electron chi connectivity index (χ3n) is 5.27. The highest BCUT2D eigenvalue weighted by Crippen LogP contribution is 2.41. The van der Waals surface area contributed by atoms with Gasteiger partial charge < -0.3 is 10.2 Å². The molecule has 4 rings (SSSR count). The Balaban J connectivity index is 1.84. The van der Waals surface area contributed by atoms with Crippen LogP contribution in [0, 0.1) is 13.8 Å². The number of phenols is 1. The van der Waals surface area contributed by atoms with Crippen molar-refractivity contribution in [3.63, 3.8) is 0 Å². The minimum Gasteiger partial charge on any atom is -0.505 e. The molecule has 0 saturated heterocycles. The van der Waals surface area contributed by atoms with Crippen LogP contribution in [0.25, 0.3) is 0 Å². The zero-order valence-corrected chi connectivity index (χ0v) is 17.7. The number of hydrogen-bond donors (Lipinski definition) is 3. The molecule has 170 valence electrons. The number of aliphatic hydroxyl groups is 1. The number of para-hydroxylation sites is 1. The van der Waals surface area contributed by atoms with Gasteiger partial charge in [-0.25, -0.2) is 0 Å². The molecular weight excluding hydrogens is 435 g/mol. The van der Waals surface area contributed by atoms with Crippen molar-refractivity contribution in [2.45, 2.75) is 26.6 Å². The predicted octanol–water partition coefficient (Wildman–Crippen LogP) is 5.01. The summed E-state index contributed by atoms with van der Waals surface area (Å²) >= 11 is 0. The zero-order valence-electron chi connectivity index (χ0n) is 17.7. The van der Waals surface area contributed by atoms with Gasteiger partial charge in [0.15, 0.2) is 5.71 Å². The molecule has 33 heavy (non-hydrogen) atoms. The van der Waals surface area contributed by atoms with Crippen molar-refractivity contribution in [2.75, 3.05) is 10.3 Å². The molecule has 3 aromatic rings. The molecule has 0 radical (unpaired) electrons. The molecule has 1 amide bonds. The van der Waals surface area contributed by atoms with E-state index in [2.05, 4.69) is 10.5 Å². The van der Waals surface area contributed by atoms with E-state index in [4.69, 9.17) is 0 Å². The van der Waals surface area contributed by atoms with E-state index in [1.54, 1.807) is 18.2 Å². The Morgan fingerprint density at radius 3 is 2.36 bits per heavy atom. The fourth-order valence-corrected chi connectivity index (χ4v) is 3.79. The maximum Gasteiger partial charge on any atom is 0.416 e. The Morgan fingerprint density at radius 1 is 1.03 bits per heavy atom. The quantitative estimate of drug-likeness (QED) is 0.381. The number of alkyl halides is 3. The summed E-state index contributed by atoms with van der Waals surface area (Å²) in [6, 6.07) is 12.9. The molecule has 0 saturated carbocycles. The lowest BCUT2D eigenvalue weighted by molar-refractivity contribution is -0.137. The highest BCUT2D eigenvalue weighted by Gasteiger charge is 2.39. The van der Waals surface area contributed by atoms with Crippen LogP contribution in [0.15, 0.2) is 59.7 Å². The lowest BCUT2D eigenvalue weighted by atomic mass is 10.1. The average molecular weight is 455 g/mol. The Kier molecular flexibility index (Phi) is 5.59. The summed E-state index contributed by atoms with van der Waals surface area (Å²) in [6.45, 7) is 3.26. The molecule has 1 aliphatic heterocycles. The van der Waals surface area contributed by atoms with Crippen LogP contribution in [0.4, 0.5) is 30.2 Å². The standard InChI is InChI=1S/C24H20F3N3O3/c1-13-8-14(2)10-17(9-13)30-20-11-16(24(25,26)27)6-7-18(20)21(23(30)33)29-28-19-5-3-4-15(12-31)22(19)32/h3-11,28,31-32H,12H2,1-2H3. The number of carbonyl (C=O) groups excluding carboxylic acids is 1. The van der Waals surface area contributed by atoms with E-state index in [-0.39, 0.29) is 34.0 Å². The van der Waals surface area contributed by atoms with Crippen LogP contribution in [0.1, 0.15) is 27.8 Å². The third kappa shape index (κ3) is 4.14. The molecule has 6 nitrogen and oxygen atoms in total. The lowest BCUT2D eigenvalue weighted by Crippen LogP contribution is -2.26. The van der Waals surface area contributed by atoms with Gasteiger partial charge in [0.25, 0.3) is 5.91 Å². The van der Waals surface area contributed by atoms with Crippen LogP contribution in [0.3, 0.4) is 0 Å². The largest absolute Gasteiger partial charge is 0.505 e. The second-order valence-corrected chi connectivity index (χ2v) is 7.76. The number of halogens is 3. The van der Waals surface area contributed by atoms with Gasteiger partial charge in [0.05, 0.1) is 23.5 Å².